The Morgan fingerprint density at radius 2 is 2.10 bits per heavy atom. The zero-order valence-corrected chi connectivity index (χ0v) is 12.7. The van der Waals surface area contributed by atoms with Gasteiger partial charge in [0.25, 0.3) is 5.91 Å². The molecule has 0 saturated carbocycles. The Kier molecular flexibility index (Phi) is 4.63. The summed E-state index contributed by atoms with van der Waals surface area (Å²) in [4.78, 5) is 11.9. The molecule has 0 atom stereocenters. The third-order valence-corrected chi connectivity index (χ3v) is 4.29. The zero-order chi connectivity index (χ0) is 15.5. The lowest BCUT2D eigenvalue weighted by Gasteiger charge is -2.07. The third kappa shape index (κ3) is 3.61. The average Bonchev–Trinajstić information content (AvgIpc) is 2.87. The third-order valence-electron chi connectivity index (χ3n) is 2.65. The minimum absolute atomic E-state index is 0.110. The Balaban J connectivity index is 2.30. The Morgan fingerprint density at radius 1 is 1.38 bits per heavy atom. The van der Waals surface area contributed by atoms with Gasteiger partial charge in [0.1, 0.15) is 9.77 Å². The molecule has 9 heteroatoms. The van der Waals surface area contributed by atoms with E-state index in [-0.39, 0.29) is 5.69 Å². The van der Waals surface area contributed by atoms with Gasteiger partial charge < -0.3 is 5.32 Å². The lowest BCUT2D eigenvalue weighted by molar-refractivity contribution is 0.102. The van der Waals surface area contributed by atoms with Crippen LogP contribution in [-0.4, -0.2) is 23.9 Å². The van der Waals surface area contributed by atoms with Crippen LogP contribution in [0.4, 0.5) is 9.57 Å². The van der Waals surface area contributed by atoms with Gasteiger partial charge in [-0.1, -0.05) is 30.0 Å². The molecule has 0 aliphatic heterocycles. The van der Waals surface area contributed by atoms with Crippen molar-refractivity contribution in [1.82, 2.24) is 9.59 Å². The molecule has 1 heterocycles. The monoisotopic (exact) mass is 329 g/mol. The van der Waals surface area contributed by atoms with Crippen LogP contribution in [0.25, 0.3) is 0 Å². The highest BCUT2D eigenvalue weighted by Gasteiger charge is 2.21. The largest absolute Gasteiger partial charge is 0.334 e. The number of aryl methyl sites for hydroxylation is 1. The molecule has 0 aliphatic carbocycles. The molecular formula is C12H12FN3O3S2. The van der Waals surface area contributed by atoms with Crippen LogP contribution in [-0.2, 0) is 16.6 Å². The maximum atomic E-state index is 13.2. The van der Waals surface area contributed by atoms with E-state index in [4.69, 9.17) is 0 Å². The zero-order valence-electron chi connectivity index (χ0n) is 11.0. The number of hydrogen-bond donors (Lipinski definition) is 1. The smallest absolute Gasteiger partial charge is 0.320 e. The summed E-state index contributed by atoms with van der Waals surface area (Å²) in [7, 11) is -4.91. The van der Waals surface area contributed by atoms with Gasteiger partial charge in [0, 0.05) is 0 Å². The molecular weight excluding hydrogens is 317 g/mol. The van der Waals surface area contributed by atoms with Crippen molar-refractivity contribution in [2.75, 3.05) is 5.32 Å². The Labute approximate surface area is 125 Å². The number of halogens is 1. The number of para-hydroxylation sites is 1. The summed E-state index contributed by atoms with van der Waals surface area (Å²) in [6.07, 6.45) is 1.38. The van der Waals surface area contributed by atoms with Crippen LogP contribution in [0, 0.1) is 0 Å². The summed E-state index contributed by atoms with van der Waals surface area (Å²) in [5.41, 5.74) is 0.432. The van der Waals surface area contributed by atoms with E-state index in [1.54, 1.807) is 0 Å². The van der Waals surface area contributed by atoms with Crippen molar-refractivity contribution >= 4 is 33.4 Å². The number of carbonyl (C=O) groups excluding carboxylic acids is 1. The van der Waals surface area contributed by atoms with Gasteiger partial charge in [0.05, 0.1) is 11.4 Å². The molecule has 112 valence electrons. The van der Waals surface area contributed by atoms with Crippen LogP contribution in [0.3, 0.4) is 0 Å². The average molecular weight is 329 g/mol. The van der Waals surface area contributed by atoms with Crippen LogP contribution >= 0.6 is 11.5 Å². The number of anilines is 1. The quantitative estimate of drug-likeness (QED) is 0.851. The van der Waals surface area contributed by atoms with Crippen molar-refractivity contribution < 1.29 is 17.1 Å². The van der Waals surface area contributed by atoms with Crippen molar-refractivity contribution in [2.45, 2.75) is 24.7 Å². The summed E-state index contributed by atoms with van der Waals surface area (Å²) >= 11 is 0.914. The van der Waals surface area contributed by atoms with Gasteiger partial charge in [-0.25, -0.2) is 0 Å². The van der Waals surface area contributed by atoms with Gasteiger partial charge >= 0.3 is 10.2 Å². The SMILES string of the molecule is CCCc1nnsc1C(=O)Nc1ccccc1S(=O)(=O)F. The van der Waals surface area contributed by atoms with Gasteiger partial charge in [-0.3, -0.25) is 4.79 Å². The molecule has 2 rings (SSSR count). The first-order chi connectivity index (χ1) is 9.93. The van der Waals surface area contributed by atoms with Gasteiger partial charge in [-0.15, -0.1) is 8.98 Å². The normalized spacial score (nSPS) is 11.3. The predicted molar refractivity (Wildman–Crippen MR) is 76.6 cm³/mol. The summed E-state index contributed by atoms with van der Waals surface area (Å²) in [5.74, 6) is -0.551. The molecule has 1 N–H and O–H groups in total. The predicted octanol–water partition coefficient (Wildman–Crippen LogP) is 2.40. The lowest BCUT2D eigenvalue weighted by atomic mass is 10.2. The summed E-state index contributed by atoms with van der Waals surface area (Å²) in [6, 6.07) is 5.28. The molecule has 0 saturated heterocycles. The van der Waals surface area contributed by atoms with Crippen LogP contribution in [0.15, 0.2) is 29.2 Å². The van der Waals surface area contributed by atoms with Crippen molar-refractivity contribution in [3.8, 4) is 0 Å². The maximum absolute atomic E-state index is 13.2. The number of nitrogens with zero attached hydrogens (tertiary/aromatic N) is 2. The van der Waals surface area contributed by atoms with Gasteiger partial charge in [-0.2, -0.15) is 8.42 Å². The van der Waals surface area contributed by atoms with Gasteiger partial charge in [-0.05, 0) is 30.1 Å². The molecule has 0 unspecified atom stereocenters. The number of rotatable bonds is 5. The Hall–Kier alpha value is -1.87. The van der Waals surface area contributed by atoms with Crippen LogP contribution in [0.5, 0.6) is 0 Å². The number of nitrogens with one attached hydrogen (secondary N) is 1. The van der Waals surface area contributed by atoms with E-state index in [1.165, 1.54) is 18.2 Å². The van der Waals surface area contributed by atoms with Gasteiger partial charge in [0.15, 0.2) is 0 Å². The van der Waals surface area contributed by atoms with E-state index in [2.05, 4.69) is 14.9 Å². The summed E-state index contributed by atoms with van der Waals surface area (Å²) in [5, 5.41) is 6.25. The highest BCUT2D eigenvalue weighted by atomic mass is 32.3. The minimum atomic E-state index is -4.91. The van der Waals surface area contributed by atoms with Crippen molar-refractivity contribution in [1.29, 1.82) is 0 Å². The molecule has 0 aliphatic rings. The van der Waals surface area contributed by atoms with Crippen LogP contribution < -0.4 is 5.32 Å². The van der Waals surface area contributed by atoms with Crippen molar-refractivity contribution in [2.24, 2.45) is 0 Å². The molecule has 6 nitrogen and oxygen atoms in total. The first-order valence-electron chi connectivity index (χ1n) is 6.09. The number of aromatic nitrogens is 2. The van der Waals surface area contributed by atoms with E-state index in [9.17, 15) is 17.1 Å². The molecule has 21 heavy (non-hydrogen) atoms. The fourth-order valence-corrected chi connectivity index (χ4v) is 2.97. The lowest BCUT2D eigenvalue weighted by Crippen LogP contribution is -2.14. The minimum Gasteiger partial charge on any atom is -0.320 e. The summed E-state index contributed by atoms with van der Waals surface area (Å²) in [6.45, 7) is 1.94. The highest BCUT2D eigenvalue weighted by molar-refractivity contribution is 7.86. The maximum Gasteiger partial charge on any atom is 0.334 e. The number of amides is 1. The van der Waals surface area contributed by atoms with Crippen molar-refractivity contribution in [3.05, 3.63) is 34.8 Å². The molecule has 0 radical (unpaired) electrons. The van der Waals surface area contributed by atoms with E-state index >= 15 is 0 Å². The Bertz CT molecular complexity index is 759. The van der Waals surface area contributed by atoms with E-state index in [1.807, 2.05) is 6.92 Å². The fraction of sp³-hybridized carbons (Fsp3) is 0.250. The summed E-state index contributed by atoms with van der Waals surface area (Å²) < 4.78 is 39.0. The molecule has 2 aromatic rings. The number of hydrogen-bond acceptors (Lipinski definition) is 6. The first-order valence-corrected chi connectivity index (χ1v) is 8.25. The van der Waals surface area contributed by atoms with Gasteiger partial charge in [0.2, 0.25) is 0 Å². The van der Waals surface area contributed by atoms with E-state index < -0.39 is 21.0 Å². The second-order valence-electron chi connectivity index (χ2n) is 4.19. The number of carbonyl (C=O) groups is 1. The molecule has 0 bridgehead atoms. The van der Waals surface area contributed by atoms with E-state index in [0.717, 1.165) is 24.0 Å². The molecule has 1 aromatic heterocycles. The Morgan fingerprint density at radius 3 is 2.76 bits per heavy atom. The van der Waals surface area contributed by atoms with E-state index in [0.29, 0.717) is 17.0 Å². The fourth-order valence-electron chi connectivity index (χ4n) is 1.74. The molecule has 0 fully saturated rings. The first kappa shape index (κ1) is 15.5. The van der Waals surface area contributed by atoms with Crippen LogP contribution in [0.1, 0.15) is 28.7 Å². The highest BCUT2D eigenvalue weighted by Crippen LogP contribution is 2.24. The molecule has 0 spiro atoms. The topological polar surface area (TPSA) is 89.0 Å². The molecule has 1 aromatic carbocycles. The number of benzene rings is 1. The molecule has 1 amide bonds. The van der Waals surface area contributed by atoms with Crippen molar-refractivity contribution in [3.63, 3.8) is 0 Å². The standard InChI is InChI=1S/C12H12FN3O3S2/c1-2-5-9-11(20-16-15-9)12(17)14-8-6-3-4-7-10(8)21(13,18)19/h3-4,6-7H,2,5H2,1H3,(H,14,17). The second kappa shape index (κ2) is 6.27. The van der Waals surface area contributed by atoms with Crippen LogP contribution in [0.2, 0.25) is 0 Å². The second-order valence-corrected chi connectivity index (χ2v) is 6.26.